The normalized spacial score (nSPS) is 10.6. The van der Waals surface area contributed by atoms with Crippen molar-refractivity contribution in [1.82, 2.24) is 10.2 Å². The molecule has 2 aromatic rings. The molecule has 0 atom stereocenters. The van der Waals surface area contributed by atoms with Crippen molar-refractivity contribution in [3.63, 3.8) is 0 Å². The average molecular weight is 320 g/mol. The summed E-state index contributed by atoms with van der Waals surface area (Å²) in [7, 11) is 0. The SMILES string of the molecule is NC(=O)c1nnc(SCc2ccc(Cl)c(Cl)c2)s1. The molecular formula is C10H7Cl2N3OS2. The molecule has 0 fully saturated rings. The fourth-order valence-corrected chi connectivity index (χ4v) is 3.11. The summed E-state index contributed by atoms with van der Waals surface area (Å²) < 4.78 is 0.690. The van der Waals surface area contributed by atoms with Crippen molar-refractivity contribution in [3.8, 4) is 0 Å². The molecule has 18 heavy (non-hydrogen) atoms. The van der Waals surface area contributed by atoms with Gasteiger partial charge in [-0.1, -0.05) is 52.4 Å². The van der Waals surface area contributed by atoms with Crippen LogP contribution in [0.4, 0.5) is 0 Å². The van der Waals surface area contributed by atoms with E-state index in [2.05, 4.69) is 10.2 Å². The number of hydrogen-bond donors (Lipinski definition) is 1. The fourth-order valence-electron chi connectivity index (χ4n) is 1.14. The second kappa shape index (κ2) is 5.88. The van der Waals surface area contributed by atoms with E-state index in [1.807, 2.05) is 6.07 Å². The highest BCUT2D eigenvalue weighted by molar-refractivity contribution is 8.00. The van der Waals surface area contributed by atoms with Gasteiger partial charge in [-0.2, -0.15) is 0 Å². The second-order valence-corrected chi connectivity index (χ2v) is 6.29. The lowest BCUT2D eigenvalue weighted by Crippen LogP contribution is -2.10. The zero-order valence-electron chi connectivity index (χ0n) is 8.89. The predicted octanol–water partition coefficient (Wildman–Crippen LogP) is 3.24. The summed E-state index contributed by atoms with van der Waals surface area (Å²) in [4.78, 5) is 10.9. The first-order chi connectivity index (χ1) is 8.56. The summed E-state index contributed by atoms with van der Waals surface area (Å²) in [6, 6.07) is 5.43. The van der Waals surface area contributed by atoms with E-state index in [4.69, 9.17) is 28.9 Å². The molecule has 0 bridgehead atoms. The first kappa shape index (κ1) is 13.6. The van der Waals surface area contributed by atoms with Gasteiger partial charge in [0.05, 0.1) is 10.0 Å². The van der Waals surface area contributed by atoms with E-state index in [9.17, 15) is 4.79 Å². The first-order valence-corrected chi connectivity index (χ1v) is 7.32. The number of halogens is 2. The highest BCUT2D eigenvalue weighted by Crippen LogP contribution is 2.29. The Morgan fingerprint density at radius 1 is 1.33 bits per heavy atom. The van der Waals surface area contributed by atoms with Gasteiger partial charge in [0.25, 0.3) is 5.91 Å². The van der Waals surface area contributed by atoms with Gasteiger partial charge < -0.3 is 5.73 Å². The molecule has 0 saturated heterocycles. The molecule has 1 aromatic carbocycles. The van der Waals surface area contributed by atoms with E-state index >= 15 is 0 Å². The predicted molar refractivity (Wildman–Crippen MR) is 74.4 cm³/mol. The van der Waals surface area contributed by atoms with Crippen LogP contribution < -0.4 is 5.73 Å². The monoisotopic (exact) mass is 319 g/mol. The molecule has 0 saturated carbocycles. The average Bonchev–Trinajstić information content (AvgIpc) is 2.79. The third-order valence-electron chi connectivity index (χ3n) is 1.96. The van der Waals surface area contributed by atoms with Crippen molar-refractivity contribution in [1.29, 1.82) is 0 Å². The molecule has 0 aliphatic heterocycles. The maximum atomic E-state index is 10.9. The number of thioether (sulfide) groups is 1. The van der Waals surface area contributed by atoms with E-state index in [-0.39, 0.29) is 5.01 Å². The number of amides is 1. The largest absolute Gasteiger partial charge is 0.363 e. The maximum Gasteiger partial charge on any atom is 0.279 e. The van der Waals surface area contributed by atoms with Gasteiger partial charge in [0.1, 0.15) is 0 Å². The third-order valence-corrected chi connectivity index (χ3v) is 4.84. The molecule has 0 aliphatic rings. The number of nitrogens with two attached hydrogens (primary N) is 1. The van der Waals surface area contributed by atoms with E-state index in [0.717, 1.165) is 5.56 Å². The first-order valence-electron chi connectivity index (χ1n) is 4.76. The highest BCUT2D eigenvalue weighted by atomic mass is 35.5. The summed E-state index contributed by atoms with van der Waals surface area (Å²) in [6.07, 6.45) is 0. The molecule has 1 aromatic heterocycles. The van der Waals surface area contributed by atoms with Crippen LogP contribution in [-0.2, 0) is 5.75 Å². The minimum absolute atomic E-state index is 0.214. The molecule has 1 heterocycles. The minimum atomic E-state index is -0.561. The van der Waals surface area contributed by atoms with Crippen molar-refractivity contribution >= 4 is 52.2 Å². The van der Waals surface area contributed by atoms with Crippen molar-refractivity contribution < 1.29 is 4.79 Å². The topological polar surface area (TPSA) is 68.9 Å². The number of benzene rings is 1. The lowest BCUT2D eigenvalue weighted by molar-refractivity contribution is 0.0999. The summed E-state index contributed by atoms with van der Waals surface area (Å²) >= 11 is 14.4. The minimum Gasteiger partial charge on any atom is -0.363 e. The summed E-state index contributed by atoms with van der Waals surface area (Å²) in [5.74, 6) is 0.110. The van der Waals surface area contributed by atoms with Crippen LogP contribution >= 0.6 is 46.3 Å². The number of nitrogens with zero attached hydrogens (tertiary/aromatic N) is 2. The summed E-state index contributed by atoms with van der Waals surface area (Å²) in [5.41, 5.74) is 6.12. The molecule has 1 amide bonds. The fraction of sp³-hybridized carbons (Fsp3) is 0.100. The second-order valence-electron chi connectivity index (χ2n) is 3.27. The van der Waals surface area contributed by atoms with E-state index in [0.29, 0.717) is 20.1 Å². The highest BCUT2D eigenvalue weighted by Gasteiger charge is 2.09. The number of aromatic nitrogens is 2. The van der Waals surface area contributed by atoms with E-state index in [1.165, 1.54) is 23.1 Å². The Labute approximate surface area is 121 Å². The maximum absolute atomic E-state index is 10.9. The van der Waals surface area contributed by atoms with Crippen LogP contribution in [0.1, 0.15) is 15.4 Å². The molecular weight excluding hydrogens is 313 g/mol. The van der Waals surface area contributed by atoms with Gasteiger partial charge in [-0.15, -0.1) is 10.2 Å². The Morgan fingerprint density at radius 2 is 2.11 bits per heavy atom. The van der Waals surface area contributed by atoms with Gasteiger partial charge >= 0.3 is 0 Å². The van der Waals surface area contributed by atoms with Crippen LogP contribution in [0, 0.1) is 0 Å². The molecule has 4 nitrogen and oxygen atoms in total. The van der Waals surface area contributed by atoms with Crippen LogP contribution in [0.2, 0.25) is 10.0 Å². The molecule has 0 radical (unpaired) electrons. The molecule has 2 N–H and O–H groups in total. The van der Waals surface area contributed by atoms with Crippen LogP contribution in [0.25, 0.3) is 0 Å². The zero-order valence-corrected chi connectivity index (χ0v) is 12.0. The molecule has 0 unspecified atom stereocenters. The zero-order chi connectivity index (χ0) is 13.1. The van der Waals surface area contributed by atoms with Crippen LogP contribution in [-0.4, -0.2) is 16.1 Å². The van der Waals surface area contributed by atoms with Crippen LogP contribution in [0.3, 0.4) is 0 Å². The number of carbonyl (C=O) groups excluding carboxylic acids is 1. The Hall–Kier alpha value is -0.820. The van der Waals surface area contributed by atoms with Crippen molar-refractivity contribution in [2.45, 2.75) is 10.1 Å². The van der Waals surface area contributed by atoms with Gasteiger partial charge in [-0.3, -0.25) is 4.79 Å². The van der Waals surface area contributed by atoms with Crippen molar-refractivity contribution in [2.24, 2.45) is 5.73 Å². The summed E-state index contributed by atoms with van der Waals surface area (Å²) in [6.45, 7) is 0. The summed E-state index contributed by atoms with van der Waals surface area (Å²) in [5, 5.41) is 8.81. The van der Waals surface area contributed by atoms with Gasteiger partial charge in [0, 0.05) is 5.75 Å². The Morgan fingerprint density at radius 3 is 2.72 bits per heavy atom. The number of carbonyl (C=O) groups is 1. The van der Waals surface area contributed by atoms with Crippen LogP contribution in [0.15, 0.2) is 22.5 Å². The Kier molecular flexibility index (Phi) is 4.45. The standard InChI is InChI=1S/C10H7Cl2N3OS2/c11-6-2-1-5(3-7(6)12)4-17-10-15-14-9(18-10)8(13)16/h1-3H,4H2,(H2,13,16). The Balaban J connectivity index is 2.02. The van der Waals surface area contributed by atoms with Gasteiger partial charge in [-0.05, 0) is 17.7 Å². The van der Waals surface area contributed by atoms with E-state index < -0.39 is 5.91 Å². The van der Waals surface area contributed by atoms with Gasteiger partial charge in [-0.25, -0.2) is 0 Å². The number of primary amides is 1. The molecule has 0 spiro atoms. The third kappa shape index (κ3) is 3.35. The molecule has 2 rings (SSSR count). The smallest absolute Gasteiger partial charge is 0.279 e. The Bertz CT molecular complexity index is 588. The lowest BCUT2D eigenvalue weighted by atomic mass is 10.2. The van der Waals surface area contributed by atoms with E-state index in [1.54, 1.807) is 12.1 Å². The molecule has 8 heteroatoms. The van der Waals surface area contributed by atoms with Crippen molar-refractivity contribution in [2.75, 3.05) is 0 Å². The molecule has 94 valence electrons. The van der Waals surface area contributed by atoms with Crippen molar-refractivity contribution in [3.05, 3.63) is 38.8 Å². The molecule has 0 aliphatic carbocycles. The lowest BCUT2D eigenvalue weighted by Gasteiger charge is -2.00. The quantitative estimate of drug-likeness (QED) is 0.878. The number of hydrogen-bond acceptors (Lipinski definition) is 5. The van der Waals surface area contributed by atoms with Gasteiger partial charge in [0.2, 0.25) is 5.01 Å². The van der Waals surface area contributed by atoms with Gasteiger partial charge in [0.15, 0.2) is 4.34 Å². The number of rotatable bonds is 4. The van der Waals surface area contributed by atoms with Crippen LogP contribution in [0.5, 0.6) is 0 Å².